The van der Waals surface area contributed by atoms with Crippen LogP contribution in [0.1, 0.15) is 32.8 Å². The van der Waals surface area contributed by atoms with Crippen molar-refractivity contribution in [2.24, 2.45) is 0 Å². The van der Waals surface area contributed by atoms with Crippen LogP contribution in [0.5, 0.6) is 0 Å². The van der Waals surface area contributed by atoms with E-state index in [0.29, 0.717) is 13.0 Å². The molecule has 20 heavy (non-hydrogen) atoms. The Morgan fingerprint density at radius 1 is 1.25 bits per heavy atom. The molecule has 4 nitrogen and oxygen atoms in total. The van der Waals surface area contributed by atoms with E-state index in [1.54, 1.807) is 0 Å². The van der Waals surface area contributed by atoms with Crippen molar-refractivity contribution in [2.45, 2.75) is 32.7 Å². The summed E-state index contributed by atoms with van der Waals surface area (Å²) in [6, 6.07) is 8.26. The molecule has 1 rings (SSSR count). The lowest BCUT2D eigenvalue weighted by Gasteiger charge is -2.30. The zero-order chi connectivity index (χ0) is 15.2. The number of benzene rings is 1. The fourth-order valence-corrected chi connectivity index (χ4v) is 2.28. The number of anilines is 1. The van der Waals surface area contributed by atoms with Gasteiger partial charge in [0, 0.05) is 19.8 Å². The molecule has 1 aromatic rings. The maximum absolute atomic E-state index is 11.8. The second-order valence-electron chi connectivity index (χ2n) is 5.29. The van der Waals surface area contributed by atoms with E-state index in [4.69, 9.17) is 4.74 Å². The minimum absolute atomic E-state index is 0.173. The van der Waals surface area contributed by atoms with Crippen LogP contribution in [0, 0.1) is 0 Å². The highest BCUT2D eigenvalue weighted by molar-refractivity contribution is 5.71. The highest BCUT2D eigenvalue weighted by Crippen LogP contribution is 2.27. The SMILES string of the molecule is CCNC(C)(CC(=O)OCC)c1ccc(N(C)C)cc1. The van der Waals surface area contributed by atoms with Gasteiger partial charge in [-0.2, -0.15) is 0 Å². The molecule has 0 saturated heterocycles. The van der Waals surface area contributed by atoms with Crippen LogP contribution < -0.4 is 10.2 Å². The summed E-state index contributed by atoms with van der Waals surface area (Å²) < 4.78 is 5.08. The van der Waals surface area contributed by atoms with Gasteiger partial charge in [0.1, 0.15) is 0 Å². The first-order valence-corrected chi connectivity index (χ1v) is 7.11. The van der Waals surface area contributed by atoms with E-state index in [2.05, 4.69) is 34.5 Å². The summed E-state index contributed by atoms with van der Waals surface area (Å²) in [4.78, 5) is 13.9. The van der Waals surface area contributed by atoms with E-state index in [-0.39, 0.29) is 5.97 Å². The highest BCUT2D eigenvalue weighted by Gasteiger charge is 2.29. The van der Waals surface area contributed by atoms with Crippen molar-refractivity contribution in [3.8, 4) is 0 Å². The van der Waals surface area contributed by atoms with Crippen molar-refractivity contribution in [1.29, 1.82) is 0 Å². The molecule has 4 heteroatoms. The quantitative estimate of drug-likeness (QED) is 0.778. The van der Waals surface area contributed by atoms with Crippen LogP contribution in [0.3, 0.4) is 0 Å². The van der Waals surface area contributed by atoms with Crippen LogP contribution >= 0.6 is 0 Å². The molecular formula is C16H26N2O2. The van der Waals surface area contributed by atoms with Gasteiger partial charge in [-0.1, -0.05) is 19.1 Å². The van der Waals surface area contributed by atoms with Gasteiger partial charge in [-0.05, 0) is 38.1 Å². The van der Waals surface area contributed by atoms with Crippen molar-refractivity contribution in [1.82, 2.24) is 5.32 Å². The first kappa shape index (κ1) is 16.5. The van der Waals surface area contributed by atoms with Crippen molar-refractivity contribution in [3.63, 3.8) is 0 Å². The number of carbonyl (C=O) groups is 1. The highest BCUT2D eigenvalue weighted by atomic mass is 16.5. The van der Waals surface area contributed by atoms with E-state index < -0.39 is 5.54 Å². The molecular weight excluding hydrogens is 252 g/mol. The van der Waals surface area contributed by atoms with E-state index in [1.807, 2.05) is 34.9 Å². The minimum atomic E-state index is -0.397. The fraction of sp³-hybridized carbons (Fsp3) is 0.562. The largest absolute Gasteiger partial charge is 0.466 e. The molecule has 1 N–H and O–H groups in total. The Morgan fingerprint density at radius 3 is 2.30 bits per heavy atom. The minimum Gasteiger partial charge on any atom is -0.466 e. The van der Waals surface area contributed by atoms with Gasteiger partial charge in [0.25, 0.3) is 0 Å². The third kappa shape index (κ3) is 4.23. The lowest BCUT2D eigenvalue weighted by atomic mass is 9.88. The van der Waals surface area contributed by atoms with Crippen molar-refractivity contribution in [2.75, 3.05) is 32.1 Å². The van der Waals surface area contributed by atoms with Crippen LogP contribution in [0.25, 0.3) is 0 Å². The number of nitrogens with zero attached hydrogens (tertiary/aromatic N) is 1. The number of rotatable bonds is 7. The van der Waals surface area contributed by atoms with Gasteiger partial charge in [0.2, 0.25) is 0 Å². The number of hydrogen-bond donors (Lipinski definition) is 1. The Labute approximate surface area is 122 Å². The van der Waals surface area contributed by atoms with Crippen LogP contribution in [0.2, 0.25) is 0 Å². The number of esters is 1. The standard InChI is InChI=1S/C16H26N2O2/c1-6-17-16(3,12-15(19)20-7-2)13-8-10-14(11-9-13)18(4)5/h8-11,17H,6-7,12H2,1-5H3. The van der Waals surface area contributed by atoms with E-state index in [1.165, 1.54) is 0 Å². The molecule has 0 heterocycles. The monoisotopic (exact) mass is 278 g/mol. The van der Waals surface area contributed by atoms with Crippen LogP contribution in [0.4, 0.5) is 5.69 Å². The van der Waals surface area contributed by atoms with Gasteiger partial charge in [0.15, 0.2) is 0 Å². The molecule has 0 amide bonds. The first-order chi connectivity index (χ1) is 9.42. The molecule has 1 atom stereocenters. The molecule has 0 saturated carbocycles. The Bertz CT molecular complexity index is 429. The average Bonchev–Trinajstić information content (AvgIpc) is 2.39. The van der Waals surface area contributed by atoms with Crippen molar-refractivity contribution >= 4 is 11.7 Å². The van der Waals surface area contributed by atoms with Crippen LogP contribution in [-0.2, 0) is 15.1 Å². The van der Waals surface area contributed by atoms with Crippen LogP contribution in [0.15, 0.2) is 24.3 Å². The predicted molar refractivity (Wildman–Crippen MR) is 83.0 cm³/mol. The number of carbonyl (C=O) groups excluding carboxylic acids is 1. The molecule has 0 spiro atoms. The summed E-state index contributed by atoms with van der Waals surface area (Å²) >= 11 is 0. The summed E-state index contributed by atoms with van der Waals surface area (Å²) in [5.41, 5.74) is 1.84. The number of hydrogen-bond acceptors (Lipinski definition) is 4. The van der Waals surface area contributed by atoms with E-state index in [9.17, 15) is 4.79 Å². The third-order valence-electron chi connectivity index (χ3n) is 3.39. The molecule has 0 aliphatic rings. The lowest BCUT2D eigenvalue weighted by Crippen LogP contribution is -2.41. The Kier molecular flexibility index (Phi) is 6.02. The van der Waals surface area contributed by atoms with Crippen LogP contribution in [-0.4, -0.2) is 33.2 Å². The summed E-state index contributed by atoms with van der Waals surface area (Å²) in [6.07, 6.45) is 0.329. The molecule has 0 aliphatic carbocycles. The summed E-state index contributed by atoms with van der Waals surface area (Å²) in [7, 11) is 4.02. The van der Waals surface area contributed by atoms with Gasteiger partial charge in [-0.3, -0.25) is 4.79 Å². The third-order valence-corrected chi connectivity index (χ3v) is 3.39. The second-order valence-corrected chi connectivity index (χ2v) is 5.29. The first-order valence-electron chi connectivity index (χ1n) is 7.11. The maximum Gasteiger partial charge on any atom is 0.307 e. The zero-order valence-electron chi connectivity index (χ0n) is 13.2. The lowest BCUT2D eigenvalue weighted by molar-refractivity contribution is -0.144. The van der Waals surface area contributed by atoms with Crippen molar-refractivity contribution in [3.05, 3.63) is 29.8 Å². The zero-order valence-corrected chi connectivity index (χ0v) is 13.2. The smallest absolute Gasteiger partial charge is 0.307 e. The fourth-order valence-electron chi connectivity index (χ4n) is 2.28. The normalized spacial score (nSPS) is 13.7. The van der Waals surface area contributed by atoms with Gasteiger partial charge in [-0.15, -0.1) is 0 Å². The predicted octanol–water partition coefficient (Wildman–Crippen LogP) is 2.53. The molecule has 0 aromatic heterocycles. The van der Waals surface area contributed by atoms with Gasteiger partial charge in [-0.25, -0.2) is 0 Å². The molecule has 1 unspecified atom stereocenters. The molecule has 0 bridgehead atoms. The average molecular weight is 278 g/mol. The molecule has 0 radical (unpaired) electrons. The van der Waals surface area contributed by atoms with Gasteiger partial charge in [0.05, 0.1) is 18.6 Å². The molecule has 0 fully saturated rings. The van der Waals surface area contributed by atoms with E-state index in [0.717, 1.165) is 17.8 Å². The second kappa shape index (κ2) is 7.29. The Hall–Kier alpha value is -1.55. The number of ether oxygens (including phenoxy) is 1. The van der Waals surface area contributed by atoms with Gasteiger partial charge < -0.3 is 15.0 Å². The Morgan fingerprint density at radius 2 is 1.85 bits per heavy atom. The van der Waals surface area contributed by atoms with Gasteiger partial charge >= 0.3 is 5.97 Å². The molecule has 0 aliphatic heterocycles. The maximum atomic E-state index is 11.8. The Balaban J connectivity index is 2.96. The summed E-state index contributed by atoms with van der Waals surface area (Å²) in [5.74, 6) is -0.173. The summed E-state index contributed by atoms with van der Waals surface area (Å²) in [6.45, 7) is 7.12. The summed E-state index contributed by atoms with van der Waals surface area (Å²) in [5, 5.41) is 3.40. The van der Waals surface area contributed by atoms with Crippen molar-refractivity contribution < 1.29 is 9.53 Å². The molecule has 112 valence electrons. The topological polar surface area (TPSA) is 41.6 Å². The van der Waals surface area contributed by atoms with E-state index >= 15 is 0 Å². The molecule has 1 aromatic carbocycles. The number of nitrogens with one attached hydrogen (secondary N) is 1.